The van der Waals surface area contributed by atoms with Gasteiger partial charge in [0.25, 0.3) is 11.8 Å². The van der Waals surface area contributed by atoms with Crippen molar-refractivity contribution in [3.05, 3.63) is 108 Å². The van der Waals surface area contributed by atoms with E-state index < -0.39 is 0 Å². The van der Waals surface area contributed by atoms with Gasteiger partial charge in [0, 0.05) is 43.1 Å². The predicted octanol–water partition coefficient (Wildman–Crippen LogP) is 6.79. The number of hydrogen-bond donors (Lipinski definition) is 1. The van der Waals surface area contributed by atoms with Crippen LogP contribution in [0, 0.1) is 5.92 Å². The number of piperidine rings is 1. The van der Waals surface area contributed by atoms with E-state index in [0.717, 1.165) is 74.7 Å². The summed E-state index contributed by atoms with van der Waals surface area (Å²) >= 11 is 0. The Bertz CT molecular complexity index is 1470. The second kappa shape index (κ2) is 11.3. The third kappa shape index (κ3) is 5.68. The Kier molecular flexibility index (Phi) is 7.31. The summed E-state index contributed by atoms with van der Waals surface area (Å²) in [7, 11) is 0. The molecule has 0 aliphatic carbocycles. The van der Waals surface area contributed by atoms with Gasteiger partial charge in [-0.1, -0.05) is 60.7 Å². The van der Waals surface area contributed by atoms with E-state index in [4.69, 9.17) is 0 Å². The maximum Gasteiger partial charge on any atom is 0.256 e. The first kappa shape index (κ1) is 25.2. The molecule has 0 saturated carbocycles. The fraction of sp³-hybridized carbons (Fsp3) is 0.294. The molecule has 2 aliphatic heterocycles. The van der Waals surface area contributed by atoms with Gasteiger partial charge in [-0.05, 0) is 84.7 Å². The number of carbonyl (C=O) groups is 2. The van der Waals surface area contributed by atoms with Crippen molar-refractivity contribution in [2.75, 3.05) is 36.4 Å². The lowest BCUT2D eigenvalue weighted by Gasteiger charge is -2.35. The highest BCUT2D eigenvalue weighted by molar-refractivity contribution is 6.08. The van der Waals surface area contributed by atoms with Gasteiger partial charge in [0.15, 0.2) is 0 Å². The van der Waals surface area contributed by atoms with Gasteiger partial charge < -0.3 is 15.1 Å². The van der Waals surface area contributed by atoms with Gasteiger partial charge in [-0.2, -0.15) is 0 Å². The molecular formula is C34H35N3O2. The van der Waals surface area contributed by atoms with Crippen molar-refractivity contribution < 1.29 is 9.59 Å². The largest absolute Gasteiger partial charge is 0.371 e. The number of benzene rings is 4. The van der Waals surface area contributed by atoms with Crippen molar-refractivity contribution in [1.29, 1.82) is 0 Å². The molecule has 5 heteroatoms. The number of nitrogens with zero attached hydrogens (tertiary/aromatic N) is 2. The van der Waals surface area contributed by atoms with Gasteiger partial charge >= 0.3 is 0 Å². The van der Waals surface area contributed by atoms with E-state index in [1.807, 2.05) is 65.6 Å². The minimum absolute atomic E-state index is 0.0655. The van der Waals surface area contributed by atoms with Gasteiger partial charge in [-0.15, -0.1) is 0 Å². The van der Waals surface area contributed by atoms with Gasteiger partial charge in [-0.3, -0.25) is 9.59 Å². The monoisotopic (exact) mass is 517 g/mol. The molecule has 5 nitrogen and oxygen atoms in total. The number of fused-ring (bicyclic) bond motifs is 1. The summed E-state index contributed by atoms with van der Waals surface area (Å²) in [5.41, 5.74) is 4.32. The third-order valence-electron chi connectivity index (χ3n) is 8.21. The van der Waals surface area contributed by atoms with Crippen LogP contribution in [0.1, 0.15) is 52.0 Å². The van der Waals surface area contributed by atoms with Crippen LogP contribution in [0.3, 0.4) is 0 Å². The number of carbonyl (C=O) groups excluding carboxylic acids is 2. The summed E-state index contributed by atoms with van der Waals surface area (Å²) in [5, 5.41) is 5.18. The highest BCUT2D eigenvalue weighted by Gasteiger charge is 2.27. The number of anilines is 2. The van der Waals surface area contributed by atoms with E-state index in [1.54, 1.807) is 0 Å². The van der Waals surface area contributed by atoms with Crippen molar-refractivity contribution in [2.24, 2.45) is 5.92 Å². The second-order valence-electron chi connectivity index (χ2n) is 10.9. The average Bonchev–Trinajstić information content (AvgIpc) is 3.53. The van der Waals surface area contributed by atoms with E-state index in [-0.39, 0.29) is 11.8 Å². The van der Waals surface area contributed by atoms with Gasteiger partial charge in [0.1, 0.15) is 0 Å². The molecule has 6 rings (SSSR count). The van der Waals surface area contributed by atoms with Crippen LogP contribution in [0.5, 0.6) is 0 Å². The van der Waals surface area contributed by atoms with Crippen LogP contribution in [0.25, 0.3) is 10.8 Å². The fourth-order valence-electron chi connectivity index (χ4n) is 6.01. The average molecular weight is 518 g/mol. The SMILES string of the molecule is O=C(Nc1ccc(N2CCC(Cc3ccccc3)CC2)c(C(=O)N2CCCC2)c1)c1ccc2ccccc2c1. The minimum atomic E-state index is -0.171. The topological polar surface area (TPSA) is 52.7 Å². The Morgan fingerprint density at radius 1 is 0.744 bits per heavy atom. The molecule has 2 heterocycles. The van der Waals surface area contributed by atoms with Crippen LogP contribution in [0.2, 0.25) is 0 Å². The predicted molar refractivity (Wildman–Crippen MR) is 159 cm³/mol. The first-order valence-electron chi connectivity index (χ1n) is 14.2. The van der Waals surface area contributed by atoms with Crippen LogP contribution >= 0.6 is 0 Å². The molecule has 0 radical (unpaired) electrons. The third-order valence-corrected chi connectivity index (χ3v) is 8.21. The molecule has 0 atom stereocenters. The number of likely N-dealkylation sites (tertiary alicyclic amines) is 1. The second-order valence-corrected chi connectivity index (χ2v) is 10.9. The summed E-state index contributed by atoms with van der Waals surface area (Å²) in [6, 6.07) is 30.3. The molecule has 4 aromatic carbocycles. The highest BCUT2D eigenvalue weighted by Crippen LogP contribution is 2.32. The Balaban J connectivity index is 1.21. The van der Waals surface area contributed by atoms with Crippen molar-refractivity contribution in [3.63, 3.8) is 0 Å². The Hall–Kier alpha value is -4.12. The minimum Gasteiger partial charge on any atom is -0.371 e. The van der Waals surface area contributed by atoms with E-state index in [1.165, 1.54) is 5.56 Å². The molecule has 39 heavy (non-hydrogen) atoms. The number of hydrogen-bond acceptors (Lipinski definition) is 3. The van der Waals surface area contributed by atoms with Crippen LogP contribution < -0.4 is 10.2 Å². The summed E-state index contributed by atoms with van der Waals surface area (Å²) in [5.74, 6) is 0.549. The van der Waals surface area contributed by atoms with Crippen molar-refractivity contribution in [3.8, 4) is 0 Å². The lowest BCUT2D eigenvalue weighted by molar-refractivity contribution is 0.0793. The van der Waals surface area contributed by atoms with Gasteiger partial charge in [0.05, 0.1) is 5.56 Å². The Morgan fingerprint density at radius 2 is 1.46 bits per heavy atom. The quantitative estimate of drug-likeness (QED) is 0.306. The first-order valence-corrected chi connectivity index (χ1v) is 14.2. The molecule has 0 unspecified atom stereocenters. The maximum atomic E-state index is 13.7. The van der Waals surface area contributed by atoms with Crippen LogP contribution in [0.4, 0.5) is 11.4 Å². The normalized spacial score (nSPS) is 16.0. The molecule has 2 fully saturated rings. The number of nitrogens with one attached hydrogen (secondary N) is 1. The van der Waals surface area contributed by atoms with Gasteiger partial charge in [-0.25, -0.2) is 0 Å². The fourth-order valence-corrected chi connectivity index (χ4v) is 6.01. The van der Waals surface area contributed by atoms with Crippen molar-refractivity contribution >= 4 is 34.0 Å². The molecular weight excluding hydrogens is 482 g/mol. The number of rotatable bonds is 6. The van der Waals surface area contributed by atoms with E-state index >= 15 is 0 Å². The molecule has 2 saturated heterocycles. The van der Waals surface area contributed by atoms with Crippen LogP contribution in [-0.4, -0.2) is 42.9 Å². The zero-order valence-electron chi connectivity index (χ0n) is 22.3. The van der Waals surface area contributed by atoms with E-state index in [9.17, 15) is 9.59 Å². The van der Waals surface area contributed by atoms with Crippen molar-refractivity contribution in [2.45, 2.75) is 32.1 Å². The Labute approximate surface area is 230 Å². The molecule has 4 aromatic rings. The first-order chi connectivity index (χ1) is 19.1. The molecule has 2 amide bonds. The summed E-state index contributed by atoms with van der Waals surface area (Å²) < 4.78 is 0. The maximum absolute atomic E-state index is 13.7. The molecule has 0 aromatic heterocycles. The Morgan fingerprint density at radius 3 is 2.23 bits per heavy atom. The molecule has 198 valence electrons. The summed E-state index contributed by atoms with van der Waals surface area (Å²) in [6.07, 6.45) is 5.40. The van der Waals surface area contributed by atoms with E-state index in [0.29, 0.717) is 22.7 Å². The lowest BCUT2D eigenvalue weighted by Crippen LogP contribution is -2.36. The van der Waals surface area contributed by atoms with E-state index in [2.05, 4.69) is 40.5 Å². The van der Waals surface area contributed by atoms with Crippen molar-refractivity contribution in [1.82, 2.24) is 4.90 Å². The zero-order valence-corrected chi connectivity index (χ0v) is 22.3. The van der Waals surface area contributed by atoms with Gasteiger partial charge in [0.2, 0.25) is 0 Å². The number of amides is 2. The standard InChI is InChI=1S/C34H35N3O2/c38-33(29-13-12-27-10-4-5-11-28(27)23-29)35-30-14-15-32(31(24-30)34(39)37-18-6-7-19-37)36-20-16-26(17-21-36)22-25-8-2-1-3-9-25/h1-5,8-15,23-24,26H,6-7,16-22H2,(H,35,38). The molecule has 1 N–H and O–H groups in total. The summed E-state index contributed by atoms with van der Waals surface area (Å²) in [4.78, 5) is 31.1. The molecule has 2 aliphatic rings. The van der Waals surface area contributed by atoms with Crippen LogP contribution in [0.15, 0.2) is 91.0 Å². The van der Waals surface area contributed by atoms with Crippen LogP contribution in [-0.2, 0) is 6.42 Å². The molecule has 0 bridgehead atoms. The smallest absolute Gasteiger partial charge is 0.256 e. The lowest BCUT2D eigenvalue weighted by atomic mass is 9.89. The summed E-state index contributed by atoms with van der Waals surface area (Å²) in [6.45, 7) is 3.46. The molecule has 0 spiro atoms. The zero-order chi connectivity index (χ0) is 26.6. The highest BCUT2D eigenvalue weighted by atomic mass is 16.2.